The Kier molecular flexibility index (Phi) is 15.1. The number of alkyl halides is 3. The van der Waals surface area contributed by atoms with Crippen molar-refractivity contribution in [3.05, 3.63) is 131 Å². The van der Waals surface area contributed by atoms with Gasteiger partial charge in [-0.25, -0.2) is 22.0 Å². The zero-order chi connectivity index (χ0) is 50.4. The van der Waals surface area contributed by atoms with Crippen LogP contribution in [0.15, 0.2) is 91.6 Å². The van der Waals surface area contributed by atoms with Crippen LogP contribution in [0.4, 0.5) is 56.1 Å². The molecular formula is C50H53F5N12O4. The first kappa shape index (κ1) is 49.7. The zero-order valence-electron chi connectivity index (χ0n) is 39.1. The highest BCUT2D eigenvalue weighted by molar-refractivity contribution is 6.02. The molecule has 6 aromatic rings. The molecule has 2 aromatic carbocycles. The van der Waals surface area contributed by atoms with Crippen LogP contribution in [-0.2, 0) is 23.2 Å². The minimum absolute atomic E-state index is 0.00518. The lowest BCUT2D eigenvalue weighted by Crippen LogP contribution is -2.44. The molecule has 0 aliphatic heterocycles. The Hall–Kier alpha value is -7.71. The van der Waals surface area contributed by atoms with Crippen LogP contribution in [0.25, 0.3) is 0 Å². The van der Waals surface area contributed by atoms with Crippen LogP contribution in [0, 0.1) is 37.3 Å². The van der Waals surface area contributed by atoms with Crippen LogP contribution in [-0.4, -0.2) is 77.3 Å². The van der Waals surface area contributed by atoms with E-state index in [0.717, 1.165) is 6.20 Å². The molecule has 4 aromatic heterocycles. The summed E-state index contributed by atoms with van der Waals surface area (Å²) in [7, 11) is 1.67. The third kappa shape index (κ3) is 13.1. The van der Waals surface area contributed by atoms with Crippen molar-refractivity contribution in [2.24, 2.45) is 18.9 Å². The molecule has 2 aliphatic rings. The number of aromatic nitrogens is 6. The lowest BCUT2D eigenvalue weighted by molar-refractivity contribution is -0.119. The fourth-order valence-corrected chi connectivity index (χ4v) is 9.04. The molecule has 8 rings (SSSR count). The van der Waals surface area contributed by atoms with Crippen LogP contribution < -0.4 is 31.9 Å². The number of nitrogens with zero attached hydrogens (tertiary/aromatic N) is 6. The van der Waals surface area contributed by atoms with Gasteiger partial charge in [-0.15, -0.1) is 0 Å². The van der Waals surface area contributed by atoms with Gasteiger partial charge in [-0.3, -0.25) is 38.5 Å². The molecule has 21 heteroatoms. The number of nitrogens with one attached hydrogen (secondary N) is 6. The SMILES string of the molecule is Cc1cc(Nc2cccc(C(=O)N[C@@H](C[C@H]3CC[C@@H](F)C3)C(=O)Nc3cnn(Cc4nc(C)cc(Nc5cccc(C(=O)N[C@@H](C[C@@H]6CCC(F)(F)C6)C(=O)Nc6cnn(C)c6)c5)c4F)c3)c2)c(F)cn1. The van der Waals surface area contributed by atoms with Crippen molar-refractivity contribution >= 4 is 57.8 Å². The zero-order valence-corrected chi connectivity index (χ0v) is 39.1. The molecule has 0 spiro atoms. The number of rotatable bonds is 18. The summed E-state index contributed by atoms with van der Waals surface area (Å²) >= 11 is 0. The summed E-state index contributed by atoms with van der Waals surface area (Å²) in [6, 6.07) is 13.3. The van der Waals surface area contributed by atoms with Crippen molar-refractivity contribution in [2.45, 2.75) is 95.9 Å². The second-order valence-electron chi connectivity index (χ2n) is 18.4. The number of amides is 4. The van der Waals surface area contributed by atoms with Gasteiger partial charge in [-0.2, -0.15) is 10.2 Å². The molecule has 0 unspecified atom stereocenters. The van der Waals surface area contributed by atoms with Crippen LogP contribution in [0.3, 0.4) is 0 Å². The Morgan fingerprint density at radius 1 is 0.732 bits per heavy atom. The summed E-state index contributed by atoms with van der Waals surface area (Å²) in [6.45, 7) is 3.22. The second kappa shape index (κ2) is 21.5. The van der Waals surface area contributed by atoms with Crippen LogP contribution in [0.1, 0.15) is 89.2 Å². The van der Waals surface area contributed by atoms with E-state index in [1.807, 2.05) is 0 Å². The fourth-order valence-electron chi connectivity index (χ4n) is 9.04. The van der Waals surface area contributed by atoms with Gasteiger partial charge in [0.15, 0.2) is 11.6 Å². The number of aryl methyl sites for hydroxylation is 3. The van der Waals surface area contributed by atoms with E-state index in [9.17, 15) is 36.7 Å². The molecule has 372 valence electrons. The lowest BCUT2D eigenvalue weighted by atomic mass is 9.97. The molecule has 5 atom stereocenters. The van der Waals surface area contributed by atoms with Gasteiger partial charge in [0.1, 0.15) is 18.3 Å². The number of carbonyl (C=O) groups is 4. The molecule has 4 amide bonds. The average Bonchev–Trinajstić information content (AvgIpc) is 4.14. The van der Waals surface area contributed by atoms with Crippen molar-refractivity contribution in [1.82, 2.24) is 40.2 Å². The minimum Gasteiger partial charge on any atom is -0.353 e. The molecular weight excluding hydrogens is 928 g/mol. The highest BCUT2D eigenvalue weighted by Crippen LogP contribution is 2.41. The minimum atomic E-state index is -2.84. The van der Waals surface area contributed by atoms with Gasteiger partial charge in [0.05, 0.1) is 53.6 Å². The molecule has 4 heterocycles. The van der Waals surface area contributed by atoms with E-state index in [1.165, 1.54) is 58.3 Å². The molecule has 2 saturated carbocycles. The molecule has 16 nitrogen and oxygen atoms in total. The van der Waals surface area contributed by atoms with Crippen molar-refractivity contribution < 1.29 is 41.1 Å². The Bertz CT molecular complexity index is 2930. The van der Waals surface area contributed by atoms with Crippen LogP contribution >= 0.6 is 0 Å². The van der Waals surface area contributed by atoms with Gasteiger partial charge < -0.3 is 31.9 Å². The average molecular weight is 981 g/mol. The van der Waals surface area contributed by atoms with E-state index in [4.69, 9.17) is 0 Å². The third-order valence-corrected chi connectivity index (χ3v) is 12.5. The number of hydrogen-bond acceptors (Lipinski definition) is 10. The summed E-state index contributed by atoms with van der Waals surface area (Å²) in [5.74, 6) is -7.18. The van der Waals surface area contributed by atoms with Gasteiger partial charge in [0, 0.05) is 66.2 Å². The summed E-state index contributed by atoms with van der Waals surface area (Å²) < 4.78 is 76.0. The van der Waals surface area contributed by atoms with Gasteiger partial charge >= 0.3 is 0 Å². The number of halogens is 5. The Morgan fingerprint density at radius 2 is 1.34 bits per heavy atom. The highest BCUT2D eigenvalue weighted by atomic mass is 19.3. The van der Waals surface area contributed by atoms with E-state index in [2.05, 4.69) is 52.1 Å². The van der Waals surface area contributed by atoms with E-state index < -0.39 is 71.8 Å². The maximum atomic E-state index is 16.2. The van der Waals surface area contributed by atoms with E-state index in [0.29, 0.717) is 41.3 Å². The predicted octanol–water partition coefficient (Wildman–Crippen LogP) is 8.67. The Labute approximate surface area is 405 Å². The van der Waals surface area contributed by atoms with Crippen molar-refractivity contribution in [1.29, 1.82) is 0 Å². The molecule has 71 heavy (non-hydrogen) atoms. The number of benzene rings is 2. The first-order valence-corrected chi connectivity index (χ1v) is 23.2. The third-order valence-electron chi connectivity index (χ3n) is 12.5. The first-order chi connectivity index (χ1) is 33.9. The second-order valence-corrected chi connectivity index (χ2v) is 18.4. The maximum Gasteiger partial charge on any atom is 0.252 e. The molecule has 2 fully saturated rings. The number of anilines is 6. The van der Waals surface area contributed by atoms with Crippen LogP contribution in [0.2, 0.25) is 0 Å². The number of carbonyl (C=O) groups excluding carboxylic acids is 4. The van der Waals surface area contributed by atoms with E-state index in [-0.39, 0.29) is 78.4 Å². The normalized spacial score (nSPS) is 18.1. The Balaban J connectivity index is 0.919. The van der Waals surface area contributed by atoms with Crippen molar-refractivity contribution in [3.63, 3.8) is 0 Å². The van der Waals surface area contributed by atoms with Crippen molar-refractivity contribution in [3.8, 4) is 0 Å². The van der Waals surface area contributed by atoms with E-state index >= 15 is 4.39 Å². The Morgan fingerprint density at radius 3 is 1.93 bits per heavy atom. The van der Waals surface area contributed by atoms with Gasteiger partial charge in [0.25, 0.3) is 11.8 Å². The maximum absolute atomic E-state index is 16.2. The monoisotopic (exact) mass is 980 g/mol. The summed E-state index contributed by atoms with van der Waals surface area (Å²) in [6.07, 6.45) is 6.75. The summed E-state index contributed by atoms with van der Waals surface area (Å²) in [5, 5.41) is 25.3. The highest BCUT2D eigenvalue weighted by Gasteiger charge is 2.41. The number of hydrogen-bond donors (Lipinski definition) is 6. The van der Waals surface area contributed by atoms with Crippen molar-refractivity contribution in [2.75, 3.05) is 21.3 Å². The van der Waals surface area contributed by atoms with Gasteiger partial charge in [-0.1, -0.05) is 12.1 Å². The lowest BCUT2D eigenvalue weighted by Gasteiger charge is -2.21. The smallest absolute Gasteiger partial charge is 0.252 e. The van der Waals surface area contributed by atoms with E-state index in [1.54, 1.807) is 57.4 Å². The van der Waals surface area contributed by atoms with Gasteiger partial charge in [-0.05, 0) is 113 Å². The van der Waals surface area contributed by atoms with Crippen LogP contribution in [0.5, 0.6) is 0 Å². The quantitative estimate of drug-likeness (QED) is 0.0453. The molecule has 0 saturated heterocycles. The largest absolute Gasteiger partial charge is 0.353 e. The molecule has 0 radical (unpaired) electrons. The fraction of sp³-hybridized carbons (Fsp3) is 0.360. The molecule has 2 aliphatic carbocycles. The van der Waals surface area contributed by atoms with Gasteiger partial charge in [0.2, 0.25) is 17.7 Å². The molecule has 6 N–H and O–H groups in total. The summed E-state index contributed by atoms with van der Waals surface area (Å²) in [5.41, 5.74) is 2.91. The first-order valence-electron chi connectivity index (χ1n) is 23.2. The standard InChI is InChI=1S/C50H53F5N12O4/c1-28-14-40(39(52)24-56-28)60-35-8-4-6-32(19-35)46(68)64-42(17-30-10-11-34(51)16-30)48(70)63-38-23-58-67(26-38)27-44-45(53)41(15-29(2)59-44)61-36-9-5-7-33(20-36)47(69)65-43(18-31-12-13-50(54,55)21-31)49(71)62-37-22-57-66(3)25-37/h4-9,14-15,19-20,22-26,30-31,34,42-43H,10-13,16-18,21,27H2,1-3H3,(H,56,60)(H,59,61)(H,62,71)(H,63,70)(H,64,68)(H,65,69)/t30-,31-,34+,42-,43-/m0/s1. The number of pyridine rings is 2. The summed E-state index contributed by atoms with van der Waals surface area (Å²) in [4.78, 5) is 62.8. The predicted molar refractivity (Wildman–Crippen MR) is 255 cm³/mol. The topological polar surface area (TPSA) is 202 Å². The molecule has 0 bridgehead atoms.